The summed E-state index contributed by atoms with van der Waals surface area (Å²) in [6.45, 7) is 0. The molecule has 0 unspecified atom stereocenters. The monoisotopic (exact) mass is 389 g/mol. The average molecular weight is 389 g/mol. The maximum absolute atomic E-state index is 12.6. The van der Waals surface area contributed by atoms with Gasteiger partial charge in [-0.3, -0.25) is 4.79 Å². The van der Waals surface area contributed by atoms with Gasteiger partial charge in [0.15, 0.2) is 0 Å². The smallest absolute Gasteiger partial charge is 0.416 e. The first-order valence-corrected chi connectivity index (χ1v) is 8.58. The number of hydrogen-bond donors (Lipinski definition) is 1. The SMILES string of the molecule is O=C(Nc1ccc(C(F)(F)F)cc1)c1cc2c(=O)oc3ccccc3c2s1. The lowest BCUT2D eigenvalue weighted by Gasteiger charge is -2.08. The van der Waals surface area contributed by atoms with E-state index in [1.807, 2.05) is 0 Å². The Kier molecular flexibility index (Phi) is 4.00. The molecule has 1 N–H and O–H groups in total. The Bertz CT molecular complexity index is 1220. The highest BCUT2D eigenvalue weighted by atomic mass is 32.1. The Balaban J connectivity index is 1.68. The van der Waals surface area contributed by atoms with Crippen molar-refractivity contribution in [2.45, 2.75) is 6.18 Å². The third kappa shape index (κ3) is 3.19. The molecule has 0 atom stereocenters. The molecule has 0 aliphatic rings. The number of alkyl halides is 3. The van der Waals surface area contributed by atoms with Crippen LogP contribution in [-0.2, 0) is 6.18 Å². The van der Waals surface area contributed by atoms with E-state index in [-0.39, 0.29) is 16.0 Å². The van der Waals surface area contributed by atoms with Gasteiger partial charge in [-0.2, -0.15) is 13.2 Å². The Morgan fingerprint density at radius 2 is 1.70 bits per heavy atom. The third-order valence-corrected chi connectivity index (χ3v) is 5.15. The molecular weight excluding hydrogens is 379 g/mol. The van der Waals surface area contributed by atoms with Gasteiger partial charge in [0, 0.05) is 11.1 Å². The van der Waals surface area contributed by atoms with Gasteiger partial charge in [-0.15, -0.1) is 11.3 Å². The van der Waals surface area contributed by atoms with Crippen molar-refractivity contribution < 1.29 is 22.4 Å². The fourth-order valence-corrected chi connectivity index (χ4v) is 3.76. The van der Waals surface area contributed by atoms with Crippen molar-refractivity contribution in [1.82, 2.24) is 0 Å². The number of amides is 1. The first-order valence-electron chi connectivity index (χ1n) is 7.77. The van der Waals surface area contributed by atoms with Gasteiger partial charge in [0.25, 0.3) is 5.91 Å². The highest BCUT2D eigenvalue weighted by Gasteiger charge is 2.30. The minimum absolute atomic E-state index is 0.224. The van der Waals surface area contributed by atoms with Gasteiger partial charge < -0.3 is 9.73 Å². The van der Waals surface area contributed by atoms with Crippen LogP contribution in [0.1, 0.15) is 15.2 Å². The summed E-state index contributed by atoms with van der Waals surface area (Å²) < 4.78 is 43.7. The van der Waals surface area contributed by atoms with Crippen LogP contribution in [0, 0.1) is 0 Å². The number of rotatable bonds is 2. The van der Waals surface area contributed by atoms with E-state index in [1.165, 1.54) is 18.2 Å². The predicted molar refractivity (Wildman–Crippen MR) is 97.3 cm³/mol. The van der Waals surface area contributed by atoms with E-state index in [0.29, 0.717) is 15.7 Å². The second-order valence-corrected chi connectivity index (χ2v) is 6.82. The number of halogens is 3. The molecule has 0 aliphatic heterocycles. The van der Waals surface area contributed by atoms with Gasteiger partial charge >= 0.3 is 11.8 Å². The molecule has 0 radical (unpaired) electrons. The number of fused-ring (bicyclic) bond motifs is 3. The number of carbonyl (C=O) groups excluding carboxylic acids is 1. The number of thiophene rings is 1. The van der Waals surface area contributed by atoms with Crippen molar-refractivity contribution in [3.63, 3.8) is 0 Å². The van der Waals surface area contributed by atoms with Crippen LogP contribution in [0.4, 0.5) is 18.9 Å². The van der Waals surface area contributed by atoms with Crippen LogP contribution in [0.2, 0.25) is 0 Å². The van der Waals surface area contributed by atoms with Crippen molar-refractivity contribution in [3.8, 4) is 0 Å². The Morgan fingerprint density at radius 1 is 1.00 bits per heavy atom. The maximum atomic E-state index is 12.6. The standard InChI is InChI=1S/C19H10F3NO3S/c20-19(21,22)10-5-7-11(8-6-10)23-17(24)15-9-13-16(27-15)12-3-1-2-4-14(12)26-18(13)25/h1-9H,(H,23,24). The predicted octanol–water partition coefficient (Wildman–Crippen LogP) is 5.28. The second-order valence-electron chi connectivity index (χ2n) is 5.77. The van der Waals surface area contributed by atoms with Crippen LogP contribution in [0.3, 0.4) is 0 Å². The molecule has 0 saturated carbocycles. The zero-order chi connectivity index (χ0) is 19.2. The fraction of sp³-hybridized carbons (Fsp3) is 0.0526. The van der Waals surface area contributed by atoms with Crippen LogP contribution in [-0.4, -0.2) is 5.91 Å². The molecule has 1 amide bonds. The van der Waals surface area contributed by atoms with Gasteiger partial charge in [-0.25, -0.2) is 4.79 Å². The second kappa shape index (κ2) is 6.24. The summed E-state index contributed by atoms with van der Waals surface area (Å²) in [6, 6.07) is 12.6. The number of hydrogen-bond acceptors (Lipinski definition) is 4. The molecule has 0 bridgehead atoms. The van der Waals surface area contributed by atoms with Crippen LogP contribution in [0.15, 0.2) is 63.8 Å². The first kappa shape index (κ1) is 17.3. The summed E-state index contributed by atoms with van der Waals surface area (Å²) in [7, 11) is 0. The van der Waals surface area contributed by atoms with Crippen LogP contribution >= 0.6 is 11.3 Å². The van der Waals surface area contributed by atoms with E-state index in [2.05, 4.69) is 5.32 Å². The molecule has 4 rings (SSSR count). The summed E-state index contributed by atoms with van der Waals surface area (Å²) in [5, 5.41) is 3.54. The zero-order valence-corrected chi connectivity index (χ0v) is 14.3. The summed E-state index contributed by atoms with van der Waals surface area (Å²) in [5.41, 5.74) is -0.700. The minimum Gasteiger partial charge on any atom is -0.422 e. The van der Waals surface area contributed by atoms with E-state index in [9.17, 15) is 22.8 Å². The van der Waals surface area contributed by atoms with Gasteiger partial charge in [-0.1, -0.05) is 12.1 Å². The van der Waals surface area contributed by atoms with E-state index in [4.69, 9.17) is 4.42 Å². The summed E-state index contributed by atoms with van der Waals surface area (Å²) in [5.74, 6) is -0.514. The van der Waals surface area contributed by atoms with Gasteiger partial charge in [0.1, 0.15) is 5.58 Å². The van der Waals surface area contributed by atoms with Crippen molar-refractivity contribution >= 4 is 44.0 Å². The molecule has 27 heavy (non-hydrogen) atoms. The lowest BCUT2D eigenvalue weighted by molar-refractivity contribution is -0.137. The number of para-hydroxylation sites is 1. The first-order chi connectivity index (χ1) is 12.8. The fourth-order valence-electron chi connectivity index (χ4n) is 2.69. The Morgan fingerprint density at radius 3 is 2.41 bits per heavy atom. The molecule has 0 saturated heterocycles. The van der Waals surface area contributed by atoms with Crippen molar-refractivity contribution in [3.05, 3.63) is 75.5 Å². The number of carbonyl (C=O) groups is 1. The molecule has 2 aromatic carbocycles. The molecule has 4 aromatic rings. The molecule has 0 spiro atoms. The normalized spacial score (nSPS) is 11.8. The summed E-state index contributed by atoms with van der Waals surface area (Å²) in [6.07, 6.45) is -4.44. The lowest BCUT2D eigenvalue weighted by Crippen LogP contribution is -2.11. The average Bonchev–Trinajstić information content (AvgIpc) is 3.08. The van der Waals surface area contributed by atoms with Crippen LogP contribution in [0.5, 0.6) is 0 Å². The van der Waals surface area contributed by atoms with Gasteiger partial charge in [-0.05, 0) is 42.5 Å². The topological polar surface area (TPSA) is 59.3 Å². The molecule has 0 aliphatic carbocycles. The number of benzene rings is 2. The largest absolute Gasteiger partial charge is 0.422 e. The summed E-state index contributed by atoms with van der Waals surface area (Å²) in [4.78, 5) is 24.8. The van der Waals surface area contributed by atoms with Crippen molar-refractivity contribution in [2.24, 2.45) is 0 Å². The highest BCUT2D eigenvalue weighted by molar-refractivity contribution is 7.21. The molecule has 8 heteroatoms. The lowest BCUT2D eigenvalue weighted by atomic mass is 10.2. The van der Waals surface area contributed by atoms with Crippen LogP contribution < -0.4 is 10.9 Å². The zero-order valence-electron chi connectivity index (χ0n) is 13.5. The minimum atomic E-state index is -4.44. The molecule has 136 valence electrons. The van der Waals surface area contributed by atoms with Crippen molar-refractivity contribution in [2.75, 3.05) is 5.32 Å². The van der Waals surface area contributed by atoms with Crippen LogP contribution in [0.25, 0.3) is 21.1 Å². The Labute approximate surface area is 153 Å². The van der Waals surface area contributed by atoms with E-state index >= 15 is 0 Å². The molecule has 2 heterocycles. The quantitative estimate of drug-likeness (QED) is 0.475. The molecule has 4 nitrogen and oxygen atoms in total. The summed E-state index contributed by atoms with van der Waals surface area (Å²) >= 11 is 1.12. The van der Waals surface area contributed by atoms with Gasteiger partial charge in [0.05, 0.1) is 20.5 Å². The van der Waals surface area contributed by atoms with E-state index < -0.39 is 23.3 Å². The van der Waals surface area contributed by atoms with E-state index in [1.54, 1.807) is 24.3 Å². The van der Waals surface area contributed by atoms with Gasteiger partial charge in [0.2, 0.25) is 0 Å². The maximum Gasteiger partial charge on any atom is 0.416 e. The van der Waals surface area contributed by atoms with Crippen molar-refractivity contribution in [1.29, 1.82) is 0 Å². The third-order valence-electron chi connectivity index (χ3n) is 3.98. The molecule has 0 fully saturated rings. The molecular formula is C19H10F3NO3S. The highest BCUT2D eigenvalue weighted by Crippen LogP contribution is 2.32. The van der Waals surface area contributed by atoms with E-state index in [0.717, 1.165) is 23.5 Å². The molecule has 2 aromatic heterocycles. The Hall–Kier alpha value is -3.13. The number of nitrogens with one attached hydrogen (secondary N) is 1. The number of anilines is 1.